The van der Waals surface area contributed by atoms with Gasteiger partial charge in [-0.1, -0.05) is 19.9 Å². The summed E-state index contributed by atoms with van der Waals surface area (Å²) in [6.07, 6.45) is -1.10. The van der Waals surface area contributed by atoms with E-state index in [4.69, 9.17) is 0 Å². The number of halogens is 2. The highest BCUT2D eigenvalue weighted by molar-refractivity contribution is 5.22. The minimum atomic E-state index is -1.10. The number of aliphatic hydroxyl groups excluding tert-OH is 1. The van der Waals surface area contributed by atoms with E-state index in [0.29, 0.717) is 23.8 Å². The summed E-state index contributed by atoms with van der Waals surface area (Å²) in [7, 11) is 0. The standard InChI is InChI=1S/C15H19F2NO/c1-15(2)9-6-18(7-10(9)15)8-13(19)14-11(16)4-3-5-12(14)17/h3-5,9-10,13,19H,6-8H2,1-2H3. The second-order valence-corrected chi connectivity index (χ2v) is 6.40. The summed E-state index contributed by atoms with van der Waals surface area (Å²) in [6.45, 7) is 6.66. The molecule has 1 aliphatic heterocycles. The van der Waals surface area contributed by atoms with E-state index in [9.17, 15) is 13.9 Å². The molecule has 0 spiro atoms. The maximum atomic E-state index is 13.6. The number of fused-ring (bicyclic) bond motifs is 1. The summed E-state index contributed by atoms with van der Waals surface area (Å²) in [6, 6.07) is 3.69. The van der Waals surface area contributed by atoms with Crippen molar-refractivity contribution in [1.29, 1.82) is 0 Å². The average molecular weight is 267 g/mol. The maximum Gasteiger partial charge on any atom is 0.131 e. The third-order valence-electron chi connectivity index (χ3n) is 4.96. The average Bonchev–Trinajstić information content (AvgIpc) is 2.71. The number of rotatable bonds is 3. The van der Waals surface area contributed by atoms with E-state index in [-0.39, 0.29) is 5.56 Å². The lowest BCUT2D eigenvalue weighted by atomic mass is 10.0. The molecule has 19 heavy (non-hydrogen) atoms. The van der Waals surface area contributed by atoms with Crippen molar-refractivity contribution in [1.82, 2.24) is 4.90 Å². The smallest absolute Gasteiger partial charge is 0.131 e. The molecule has 0 radical (unpaired) electrons. The fourth-order valence-corrected chi connectivity index (χ4v) is 3.53. The van der Waals surface area contributed by atoms with Gasteiger partial charge in [0.25, 0.3) is 0 Å². The number of hydrogen-bond acceptors (Lipinski definition) is 2. The Morgan fingerprint density at radius 2 is 1.79 bits per heavy atom. The quantitative estimate of drug-likeness (QED) is 0.910. The third-order valence-corrected chi connectivity index (χ3v) is 4.96. The second-order valence-electron chi connectivity index (χ2n) is 6.40. The molecule has 1 aliphatic carbocycles. The van der Waals surface area contributed by atoms with Crippen LogP contribution in [0.25, 0.3) is 0 Å². The van der Waals surface area contributed by atoms with E-state index in [1.807, 2.05) is 0 Å². The predicted molar refractivity (Wildman–Crippen MR) is 68.5 cm³/mol. The van der Waals surface area contributed by atoms with Crippen molar-refractivity contribution >= 4 is 0 Å². The van der Waals surface area contributed by atoms with Crippen molar-refractivity contribution in [3.05, 3.63) is 35.4 Å². The molecule has 1 aromatic carbocycles. The molecule has 1 saturated carbocycles. The Morgan fingerprint density at radius 1 is 1.26 bits per heavy atom. The van der Waals surface area contributed by atoms with Gasteiger partial charge in [-0.3, -0.25) is 4.90 Å². The van der Waals surface area contributed by atoms with Crippen molar-refractivity contribution in [2.24, 2.45) is 17.3 Å². The molecule has 2 aliphatic rings. The summed E-state index contributed by atoms with van der Waals surface area (Å²) in [4.78, 5) is 2.11. The number of aliphatic hydroxyl groups is 1. The Morgan fingerprint density at radius 3 is 2.32 bits per heavy atom. The Balaban J connectivity index is 1.65. The minimum Gasteiger partial charge on any atom is -0.387 e. The Bertz CT molecular complexity index is 469. The molecule has 3 unspecified atom stereocenters. The van der Waals surface area contributed by atoms with Crippen molar-refractivity contribution in [3.8, 4) is 0 Å². The minimum absolute atomic E-state index is 0.206. The number of likely N-dealkylation sites (tertiary alicyclic amines) is 1. The fraction of sp³-hybridized carbons (Fsp3) is 0.600. The number of β-amino-alcohol motifs (C(OH)–C–C–N with tert-alkyl or cyclic N) is 1. The summed E-state index contributed by atoms with van der Waals surface area (Å²) >= 11 is 0. The van der Waals surface area contributed by atoms with Gasteiger partial charge in [-0.15, -0.1) is 0 Å². The van der Waals surface area contributed by atoms with Crippen molar-refractivity contribution in [3.63, 3.8) is 0 Å². The van der Waals surface area contributed by atoms with E-state index in [1.54, 1.807) is 0 Å². The SMILES string of the molecule is CC1(C)C2CN(CC(O)c3c(F)cccc3F)CC21. The maximum absolute atomic E-state index is 13.6. The molecular weight excluding hydrogens is 248 g/mol. The first-order chi connectivity index (χ1) is 8.91. The highest BCUT2D eigenvalue weighted by Crippen LogP contribution is 2.62. The normalized spacial score (nSPS) is 30.2. The Hall–Kier alpha value is -1.00. The molecule has 0 aromatic heterocycles. The van der Waals surface area contributed by atoms with Crippen LogP contribution in [0.1, 0.15) is 25.5 Å². The largest absolute Gasteiger partial charge is 0.387 e. The van der Waals surface area contributed by atoms with Crippen molar-refractivity contribution in [2.45, 2.75) is 20.0 Å². The molecule has 1 heterocycles. The van der Waals surface area contributed by atoms with Crippen LogP contribution < -0.4 is 0 Å². The van der Waals surface area contributed by atoms with E-state index < -0.39 is 17.7 Å². The van der Waals surface area contributed by atoms with Crippen molar-refractivity contribution < 1.29 is 13.9 Å². The number of benzene rings is 1. The first-order valence-corrected chi connectivity index (χ1v) is 6.75. The van der Waals surface area contributed by atoms with Gasteiger partial charge in [-0.2, -0.15) is 0 Å². The molecule has 3 atom stereocenters. The zero-order valence-corrected chi connectivity index (χ0v) is 11.2. The molecule has 1 aromatic rings. The van der Waals surface area contributed by atoms with Crippen LogP contribution in [-0.2, 0) is 0 Å². The Labute approximate surface area is 112 Å². The van der Waals surface area contributed by atoms with Gasteiger partial charge in [-0.25, -0.2) is 8.78 Å². The molecule has 104 valence electrons. The lowest BCUT2D eigenvalue weighted by Crippen LogP contribution is -2.31. The van der Waals surface area contributed by atoms with Crippen molar-refractivity contribution in [2.75, 3.05) is 19.6 Å². The van der Waals surface area contributed by atoms with Gasteiger partial charge in [0.2, 0.25) is 0 Å². The Kier molecular flexibility index (Phi) is 2.91. The van der Waals surface area contributed by atoms with Gasteiger partial charge in [0.15, 0.2) is 0 Å². The van der Waals surface area contributed by atoms with Gasteiger partial charge < -0.3 is 5.11 Å². The fourth-order valence-electron chi connectivity index (χ4n) is 3.53. The van der Waals surface area contributed by atoms with Crippen LogP contribution in [0, 0.1) is 28.9 Å². The first kappa shape index (κ1) is 13.0. The van der Waals surface area contributed by atoms with Crippen LogP contribution in [-0.4, -0.2) is 29.6 Å². The third kappa shape index (κ3) is 2.07. The summed E-state index contributed by atoms with van der Waals surface area (Å²) < 4.78 is 27.1. The highest BCUT2D eigenvalue weighted by atomic mass is 19.1. The van der Waals surface area contributed by atoms with Crippen LogP contribution in [0.15, 0.2) is 18.2 Å². The van der Waals surface area contributed by atoms with Crippen LogP contribution in [0.3, 0.4) is 0 Å². The lowest BCUT2D eigenvalue weighted by molar-refractivity contribution is 0.107. The molecule has 3 rings (SSSR count). The molecule has 1 N–H and O–H groups in total. The van der Waals surface area contributed by atoms with Gasteiger partial charge in [-0.05, 0) is 29.4 Å². The van der Waals surface area contributed by atoms with E-state index in [1.165, 1.54) is 18.2 Å². The first-order valence-electron chi connectivity index (χ1n) is 6.75. The lowest BCUT2D eigenvalue weighted by Gasteiger charge is -2.24. The topological polar surface area (TPSA) is 23.5 Å². The molecule has 0 bridgehead atoms. The van der Waals surface area contributed by atoms with Crippen LogP contribution in [0.2, 0.25) is 0 Å². The van der Waals surface area contributed by atoms with Gasteiger partial charge in [0, 0.05) is 19.6 Å². The van der Waals surface area contributed by atoms with Crippen LogP contribution in [0.4, 0.5) is 8.78 Å². The molecular formula is C15H19F2NO. The zero-order valence-electron chi connectivity index (χ0n) is 11.2. The van der Waals surface area contributed by atoms with E-state index in [0.717, 1.165) is 13.1 Å². The summed E-state index contributed by atoms with van der Waals surface area (Å²) in [5, 5.41) is 10.1. The van der Waals surface area contributed by atoms with Crippen LogP contribution in [0.5, 0.6) is 0 Å². The van der Waals surface area contributed by atoms with Gasteiger partial charge in [0.05, 0.1) is 11.7 Å². The molecule has 1 saturated heterocycles. The molecule has 0 amide bonds. The zero-order chi connectivity index (χ0) is 13.8. The van der Waals surface area contributed by atoms with Gasteiger partial charge >= 0.3 is 0 Å². The van der Waals surface area contributed by atoms with E-state index >= 15 is 0 Å². The summed E-state index contributed by atoms with van der Waals surface area (Å²) in [5.41, 5.74) is 0.201. The highest BCUT2D eigenvalue weighted by Gasteiger charge is 2.61. The molecule has 2 fully saturated rings. The second kappa shape index (κ2) is 4.25. The summed E-state index contributed by atoms with van der Waals surface area (Å²) in [5.74, 6) is 0.00436. The number of hydrogen-bond donors (Lipinski definition) is 1. The molecule has 4 heteroatoms. The van der Waals surface area contributed by atoms with Crippen LogP contribution >= 0.6 is 0 Å². The number of piperidine rings is 1. The molecule has 2 nitrogen and oxygen atoms in total. The van der Waals surface area contributed by atoms with Gasteiger partial charge in [0.1, 0.15) is 11.6 Å². The number of nitrogens with zero attached hydrogens (tertiary/aromatic N) is 1. The monoisotopic (exact) mass is 267 g/mol. The van der Waals surface area contributed by atoms with E-state index in [2.05, 4.69) is 18.7 Å². The predicted octanol–water partition coefficient (Wildman–Crippen LogP) is 2.59.